The van der Waals surface area contributed by atoms with E-state index in [0.717, 1.165) is 0 Å². The number of fused-ring (bicyclic) bond motifs is 1. The van der Waals surface area contributed by atoms with Crippen molar-refractivity contribution in [3.8, 4) is 11.9 Å². The molecule has 0 unspecified atom stereocenters. The first kappa shape index (κ1) is 22.8. The van der Waals surface area contributed by atoms with Crippen molar-refractivity contribution in [1.82, 2.24) is 9.88 Å². The van der Waals surface area contributed by atoms with Crippen LogP contribution in [0.25, 0.3) is 0 Å². The topological polar surface area (TPSA) is 87.9 Å². The minimum atomic E-state index is -0.565. The average molecular weight is 455 g/mol. The summed E-state index contributed by atoms with van der Waals surface area (Å²) in [5, 5.41) is 8.88. The Hall–Kier alpha value is -3.38. The van der Waals surface area contributed by atoms with Gasteiger partial charge in [0, 0.05) is 24.7 Å². The van der Waals surface area contributed by atoms with E-state index in [-0.39, 0.29) is 30.3 Å². The Bertz CT molecular complexity index is 1070. The summed E-state index contributed by atoms with van der Waals surface area (Å²) < 4.78 is 31.2. The molecule has 2 atom stereocenters. The van der Waals surface area contributed by atoms with Gasteiger partial charge in [0.25, 0.3) is 0 Å². The molecular weight excluding hydrogens is 427 g/mol. The number of aromatic nitrogens is 1. The molecule has 1 aromatic carbocycles. The highest BCUT2D eigenvalue weighted by Gasteiger charge is 2.44. The number of carbonyl (C=O) groups excluding carboxylic acids is 1. The van der Waals surface area contributed by atoms with E-state index in [1.54, 1.807) is 17.0 Å². The lowest BCUT2D eigenvalue weighted by Gasteiger charge is -2.44. The van der Waals surface area contributed by atoms with Gasteiger partial charge in [-0.3, -0.25) is 4.90 Å². The smallest absolute Gasteiger partial charge is 0.410 e. The number of rotatable bonds is 4. The zero-order chi connectivity index (χ0) is 23.6. The summed E-state index contributed by atoms with van der Waals surface area (Å²) in [5.74, 6) is 0.577. The van der Waals surface area contributed by atoms with Crippen molar-refractivity contribution in [2.24, 2.45) is 0 Å². The number of anilines is 1. The second-order valence-corrected chi connectivity index (χ2v) is 9.08. The Morgan fingerprint density at radius 2 is 2.03 bits per heavy atom. The lowest BCUT2D eigenvalue weighted by atomic mass is 10.1. The van der Waals surface area contributed by atoms with E-state index in [1.807, 2.05) is 39.0 Å². The van der Waals surface area contributed by atoms with Crippen LogP contribution < -0.4 is 9.64 Å². The first-order valence-electron chi connectivity index (χ1n) is 10.9. The van der Waals surface area contributed by atoms with Gasteiger partial charge in [0.15, 0.2) is 0 Å². The molecule has 2 saturated heterocycles. The van der Waals surface area contributed by atoms with Crippen molar-refractivity contribution in [2.75, 3.05) is 31.2 Å². The quantitative estimate of drug-likeness (QED) is 0.699. The molecule has 2 aromatic rings. The van der Waals surface area contributed by atoms with Crippen molar-refractivity contribution in [3.63, 3.8) is 0 Å². The van der Waals surface area contributed by atoms with Crippen molar-refractivity contribution in [2.45, 2.75) is 45.1 Å². The van der Waals surface area contributed by atoms with Gasteiger partial charge in [-0.1, -0.05) is 12.1 Å². The molecule has 0 saturated carbocycles. The molecule has 1 aromatic heterocycles. The highest BCUT2D eigenvalue weighted by Crippen LogP contribution is 2.29. The number of halogens is 1. The molecule has 3 heterocycles. The van der Waals surface area contributed by atoms with Gasteiger partial charge >= 0.3 is 6.09 Å². The summed E-state index contributed by atoms with van der Waals surface area (Å²) in [6.45, 7) is 7.53. The number of nitrogens with zero attached hydrogens (tertiary/aromatic N) is 4. The fourth-order valence-corrected chi connectivity index (χ4v) is 4.04. The molecule has 33 heavy (non-hydrogen) atoms. The standard InChI is InChI=1S/C24H27FN4O4/c1-24(2,3)33-23(30)29-10-9-28(19-14-31-15-20(19)29)21-5-4-6-22(27-21)32-13-17-8-7-16(12-26)11-18(17)25/h4-8,11,19-20H,9-10,13-15H2,1-3H3/t19-,20+/m0/s1. The van der Waals surface area contributed by atoms with E-state index in [0.29, 0.717) is 43.6 Å². The molecule has 2 aliphatic rings. The van der Waals surface area contributed by atoms with Crippen LogP contribution in [0.4, 0.5) is 15.0 Å². The summed E-state index contributed by atoms with van der Waals surface area (Å²) >= 11 is 0. The Kier molecular flexibility index (Phi) is 6.38. The molecule has 9 heteroatoms. The summed E-state index contributed by atoms with van der Waals surface area (Å²) in [6, 6.07) is 11.4. The van der Waals surface area contributed by atoms with Gasteiger partial charge in [0.1, 0.15) is 23.8 Å². The minimum Gasteiger partial charge on any atom is -0.473 e. The maximum Gasteiger partial charge on any atom is 0.410 e. The van der Waals surface area contributed by atoms with Crippen molar-refractivity contribution >= 4 is 11.9 Å². The summed E-state index contributed by atoms with van der Waals surface area (Å²) in [7, 11) is 0. The van der Waals surface area contributed by atoms with Crippen LogP contribution in [0.2, 0.25) is 0 Å². The molecule has 0 N–H and O–H groups in total. The third-order valence-electron chi connectivity index (χ3n) is 5.59. The molecule has 0 aliphatic carbocycles. The Morgan fingerprint density at radius 1 is 1.24 bits per heavy atom. The van der Waals surface area contributed by atoms with Crippen LogP contribution in [0.5, 0.6) is 5.88 Å². The van der Waals surface area contributed by atoms with Crippen LogP contribution in [0.1, 0.15) is 31.9 Å². The Balaban J connectivity index is 1.45. The number of ether oxygens (including phenoxy) is 3. The second-order valence-electron chi connectivity index (χ2n) is 9.08. The number of carbonyl (C=O) groups is 1. The van der Waals surface area contributed by atoms with E-state index in [9.17, 15) is 9.18 Å². The molecule has 1 amide bonds. The number of hydrogen-bond donors (Lipinski definition) is 0. The molecule has 0 bridgehead atoms. The highest BCUT2D eigenvalue weighted by molar-refractivity contribution is 5.69. The molecule has 0 spiro atoms. The highest BCUT2D eigenvalue weighted by atomic mass is 19.1. The summed E-state index contributed by atoms with van der Waals surface area (Å²) in [5.41, 5.74) is 0.0387. The minimum absolute atomic E-state index is 0.00438. The van der Waals surface area contributed by atoms with Gasteiger partial charge in [0.05, 0.1) is 36.9 Å². The zero-order valence-corrected chi connectivity index (χ0v) is 19.0. The SMILES string of the molecule is CC(C)(C)OC(=O)N1CCN(c2cccc(OCc3ccc(C#N)cc3F)n2)[C@H]2COC[C@H]21. The first-order valence-corrected chi connectivity index (χ1v) is 10.9. The number of benzene rings is 1. The Labute approximate surface area is 192 Å². The zero-order valence-electron chi connectivity index (χ0n) is 19.0. The van der Waals surface area contributed by atoms with Gasteiger partial charge in [-0.15, -0.1) is 0 Å². The number of nitriles is 1. The maximum absolute atomic E-state index is 14.1. The van der Waals surface area contributed by atoms with Crippen LogP contribution in [0, 0.1) is 17.1 Å². The van der Waals surface area contributed by atoms with Crippen LogP contribution in [-0.4, -0.2) is 60.0 Å². The summed E-state index contributed by atoms with van der Waals surface area (Å²) in [4.78, 5) is 21.2. The molecule has 2 fully saturated rings. The summed E-state index contributed by atoms with van der Waals surface area (Å²) in [6.07, 6.45) is -0.336. The van der Waals surface area contributed by atoms with Gasteiger partial charge in [-0.2, -0.15) is 10.2 Å². The number of hydrogen-bond acceptors (Lipinski definition) is 7. The van der Waals surface area contributed by atoms with Crippen molar-refractivity contribution in [3.05, 3.63) is 53.3 Å². The molecule has 4 rings (SSSR count). The van der Waals surface area contributed by atoms with E-state index in [1.165, 1.54) is 12.1 Å². The van der Waals surface area contributed by atoms with Crippen LogP contribution >= 0.6 is 0 Å². The van der Waals surface area contributed by atoms with Crippen molar-refractivity contribution in [1.29, 1.82) is 5.26 Å². The maximum atomic E-state index is 14.1. The molecular formula is C24H27FN4O4. The lowest BCUT2D eigenvalue weighted by Crippen LogP contribution is -2.61. The third-order valence-corrected chi connectivity index (χ3v) is 5.59. The van der Waals surface area contributed by atoms with E-state index in [4.69, 9.17) is 19.5 Å². The van der Waals surface area contributed by atoms with E-state index < -0.39 is 11.4 Å². The fraction of sp³-hybridized carbons (Fsp3) is 0.458. The van der Waals surface area contributed by atoms with Crippen LogP contribution in [0.3, 0.4) is 0 Å². The van der Waals surface area contributed by atoms with Gasteiger partial charge < -0.3 is 19.1 Å². The predicted molar refractivity (Wildman–Crippen MR) is 118 cm³/mol. The second kappa shape index (κ2) is 9.24. The molecule has 0 radical (unpaired) electrons. The van der Waals surface area contributed by atoms with Crippen molar-refractivity contribution < 1.29 is 23.4 Å². The molecule has 174 valence electrons. The van der Waals surface area contributed by atoms with Crippen LogP contribution in [-0.2, 0) is 16.1 Å². The van der Waals surface area contributed by atoms with Gasteiger partial charge in [-0.25, -0.2) is 9.18 Å². The van der Waals surface area contributed by atoms with Crippen LogP contribution in [0.15, 0.2) is 36.4 Å². The van der Waals surface area contributed by atoms with Gasteiger partial charge in [0.2, 0.25) is 5.88 Å². The average Bonchev–Trinajstić information content (AvgIpc) is 3.26. The molecule has 2 aliphatic heterocycles. The fourth-order valence-electron chi connectivity index (χ4n) is 4.04. The lowest BCUT2D eigenvalue weighted by molar-refractivity contribution is 0.0109. The Morgan fingerprint density at radius 3 is 2.76 bits per heavy atom. The number of piperazine rings is 1. The van der Waals surface area contributed by atoms with Gasteiger partial charge in [-0.05, 0) is 39.0 Å². The third kappa shape index (κ3) is 5.17. The van der Waals surface area contributed by atoms with E-state index >= 15 is 0 Å². The largest absolute Gasteiger partial charge is 0.473 e. The first-order chi connectivity index (χ1) is 15.7. The number of pyridine rings is 1. The molecule has 8 nitrogen and oxygen atoms in total. The number of amides is 1. The monoisotopic (exact) mass is 454 g/mol. The van der Waals surface area contributed by atoms with E-state index in [2.05, 4.69) is 9.88 Å². The predicted octanol–water partition coefficient (Wildman–Crippen LogP) is 3.50. The normalized spacial score (nSPS) is 20.2.